The van der Waals surface area contributed by atoms with E-state index in [9.17, 15) is 4.79 Å². The first-order valence-electron chi connectivity index (χ1n) is 4.51. The van der Waals surface area contributed by atoms with Crippen molar-refractivity contribution in [3.63, 3.8) is 0 Å². The van der Waals surface area contributed by atoms with Gasteiger partial charge in [-0.05, 0) is 27.2 Å². The average molecular weight is 237 g/mol. The van der Waals surface area contributed by atoms with Crippen LogP contribution < -0.4 is 0 Å². The van der Waals surface area contributed by atoms with Gasteiger partial charge in [-0.2, -0.15) is 6.42 Å². The topological polar surface area (TPSA) is 26.3 Å². The molecule has 0 aromatic rings. The molecule has 0 aliphatic carbocycles. The Hall–Kier alpha value is 0.0934. The van der Waals surface area contributed by atoms with Crippen molar-refractivity contribution in [2.24, 2.45) is 5.41 Å². The predicted molar refractivity (Wildman–Crippen MR) is 49.6 cm³/mol. The Morgan fingerprint density at radius 3 is 2.38 bits per heavy atom. The van der Waals surface area contributed by atoms with Gasteiger partial charge >= 0.3 is 5.97 Å². The summed E-state index contributed by atoms with van der Waals surface area (Å²) in [6.45, 7) is 9.87. The summed E-state index contributed by atoms with van der Waals surface area (Å²) in [7, 11) is 0. The van der Waals surface area contributed by atoms with Crippen LogP contribution in [0.25, 0.3) is 0 Å². The fourth-order valence-corrected chi connectivity index (χ4v) is 0.995. The van der Waals surface area contributed by atoms with E-state index >= 15 is 0 Å². The summed E-state index contributed by atoms with van der Waals surface area (Å²) < 4.78 is 4.94. The van der Waals surface area contributed by atoms with E-state index in [1.54, 1.807) is 0 Å². The molecule has 2 nitrogen and oxygen atoms in total. The molecule has 0 rings (SSSR count). The molecule has 0 bridgehead atoms. The van der Waals surface area contributed by atoms with Gasteiger partial charge in [0, 0.05) is 19.5 Å². The van der Waals surface area contributed by atoms with E-state index in [1.165, 1.54) is 0 Å². The normalized spacial score (nSPS) is 10.5. The van der Waals surface area contributed by atoms with Crippen LogP contribution in [0.3, 0.4) is 0 Å². The summed E-state index contributed by atoms with van der Waals surface area (Å²) in [4.78, 5) is 11.3. The van der Waals surface area contributed by atoms with Crippen molar-refractivity contribution in [1.82, 2.24) is 0 Å². The van der Waals surface area contributed by atoms with E-state index in [0.717, 1.165) is 19.3 Å². The van der Waals surface area contributed by atoms with Crippen LogP contribution >= 0.6 is 0 Å². The standard InChI is InChI=1S/C10H19O2.Zn/c1-5-7-8-10(3,4)9(11)12-6-2;/h1,5-8H2,2-4H3;/q-1;. The van der Waals surface area contributed by atoms with Crippen LogP contribution in [0.4, 0.5) is 0 Å². The molecule has 0 aliphatic rings. The first-order valence-corrected chi connectivity index (χ1v) is 4.51. The Morgan fingerprint density at radius 1 is 1.46 bits per heavy atom. The minimum atomic E-state index is -0.340. The fourth-order valence-electron chi connectivity index (χ4n) is 0.995. The Kier molecular flexibility index (Phi) is 8.97. The first-order chi connectivity index (χ1) is 5.54. The largest absolute Gasteiger partial charge is 0.466 e. The molecule has 0 unspecified atom stereocenters. The van der Waals surface area contributed by atoms with Gasteiger partial charge in [-0.25, -0.2) is 0 Å². The molecule has 0 amide bonds. The number of hydrogen-bond donors (Lipinski definition) is 0. The molecule has 13 heavy (non-hydrogen) atoms. The van der Waals surface area contributed by atoms with Crippen molar-refractivity contribution < 1.29 is 29.0 Å². The number of carbonyl (C=O) groups excluding carboxylic acids is 1. The van der Waals surface area contributed by atoms with Gasteiger partial charge in [-0.15, -0.1) is 0 Å². The molecule has 74 valence electrons. The summed E-state index contributed by atoms with van der Waals surface area (Å²) in [6.07, 6.45) is 2.71. The van der Waals surface area contributed by atoms with Crippen LogP contribution in [0.2, 0.25) is 0 Å². The van der Waals surface area contributed by atoms with Gasteiger partial charge in [0.2, 0.25) is 0 Å². The minimum Gasteiger partial charge on any atom is -0.466 e. The zero-order valence-corrected chi connectivity index (χ0v) is 12.0. The van der Waals surface area contributed by atoms with Crippen molar-refractivity contribution >= 4 is 5.97 Å². The molecule has 3 heteroatoms. The minimum absolute atomic E-state index is 0. The zero-order chi connectivity index (χ0) is 9.61. The second kappa shape index (κ2) is 7.49. The number of hydrogen-bond acceptors (Lipinski definition) is 2. The molecule has 0 fully saturated rings. The Labute approximate surface area is 94.2 Å². The maximum absolute atomic E-state index is 11.3. The van der Waals surface area contributed by atoms with Gasteiger partial charge in [0.1, 0.15) is 0 Å². The maximum Gasteiger partial charge on any atom is 0.311 e. The summed E-state index contributed by atoms with van der Waals surface area (Å²) in [6, 6.07) is 0. The van der Waals surface area contributed by atoms with Gasteiger partial charge in [0.15, 0.2) is 0 Å². The van der Waals surface area contributed by atoms with Crippen molar-refractivity contribution in [1.29, 1.82) is 0 Å². The van der Waals surface area contributed by atoms with E-state index in [4.69, 9.17) is 4.74 Å². The number of carbonyl (C=O) groups is 1. The SMILES string of the molecule is [CH2-]CCCC(C)(C)C(=O)OCC.[Zn]. The second-order valence-corrected chi connectivity index (χ2v) is 3.56. The van der Waals surface area contributed by atoms with Crippen molar-refractivity contribution in [3.8, 4) is 0 Å². The summed E-state index contributed by atoms with van der Waals surface area (Å²) >= 11 is 0. The van der Waals surface area contributed by atoms with Gasteiger partial charge < -0.3 is 11.7 Å². The van der Waals surface area contributed by atoms with Gasteiger partial charge in [-0.1, -0.05) is 6.42 Å². The monoisotopic (exact) mass is 235 g/mol. The first kappa shape index (κ1) is 15.6. The number of rotatable bonds is 5. The van der Waals surface area contributed by atoms with Crippen LogP contribution in [-0.2, 0) is 29.0 Å². The fraction of sp³-hybridized carbons (Fsp3) is 0.800. The van der Waals surface area contributed by atoms with E-state index in [2.05, 4.69) is 6.92 Å². The third kappa shape index (κ3) is 6.20. The van der Waals surface area contributed by atoms with Crippen molar-refractivity contribution in [2.75, 3.05) is 6.61 Å². The molecule has 0 aliphatic heterocycles. The summed E-state index contributed by atoms with van der Waals surface area (Å²) in [5, 5.41) is 0. The van der Waals surface area contributed by atoms with E-state index in [-0.39, 0.29) is 30.9 Å². The Morgan fingerprint density at radius 2 is 2.00 bits per heavy atom. The van der Waals surface area contributed by atoms with Crippen molar-refractivity contribution in [2.45, 2.75) is 40.0 Å². The van der Waals surface area contributed by atoms with E-state index in [0.29, 0.717) is 6.61 Å². The molecule has 0 saturated carbocycles. The van der Waals surface area contributed by atoms with Crippen LogP contribution in [0, 0.1) is 12.3 Å². The third-order valence-corrected chi connectivity index (χ3v) is 1.88. The molecule has 0 atom stereocenters. The van der Waals surface area contributed by atoms with Crippen LogP contribution in [0.5, 0.6) is 0 Å². The molecule has 0 aromatic heterocycles. The Bertz CT molecular complexity index is 144. The van der Waals surface area contributed by atoms with Gasteiger partial charge in [0.05, 0.1) is 12.0 Å². The molecule has 0 spiro atoms. The Balaban J connectivity index is 0. The van der Waals surface area contributed by atoms with E-state index in [1.807, 2.05) is 20.8 Å². The molecule has 0 heterocycles. The molecule has 0 radical (unpaired) electrons. The predicted octanol–water partition coefficient (Wildman–Crippen LogP) is 2.58. The van der Waals surface area contributed by atoms with Gasteiger partial charge in [-0.3, -0.25) is 4.79 Å². The quantitative estimate of drug-likeness (QED) is 0.417. The number of unbranched alkanes of at least 4 members (excludes halogenated alkanes) is 1. The second-order valence-electron chi connectivity index (χ2n) is 3.56. The molecule has 0 aromatic carbocycles. The van der Waals surface area contributed by atoms with E-state index < -0.39 is 0 Å². The van der Waals surface area contributed by atoms with Gasteiger partial charge in [0.25, 0.3) is 0 Å². The molecule has 0 saturated heterocycles. The summed E-state index contributed by atoms with van der Waals surface area (Å²) in [5.74, 6) is -0.0987. The number of esters is 1. The molecular formula is C10H19O2Zn-. The van der Waals surface area contributed by atoms with Crippen LogP contribution in [-0.4, -0.2) is 12.6 Å². The third-order valence-electron chi connectivity index (χ3n) is 1.88. The van der Waals surface area contributed by atoms with Crippen LogP contribution in [0.15, 0.2) is 0 Å². The molecular weight excluding hydrogens is 217 g/mol. The summed E-state index contributed by atoms with van der Waals surface area (Å²) in [5.41, 5.74) is -0.340. The van der Waals surface area contributed by atoms with Crippen molar-refractivity contribution in [3.05, 3.63) is 6.92 Å². The molecule has 0 N–H and O–H groups in total. The maximum atomic E-state index is 11.3. The average Bonchev–Trinajstić information content (AvgIpc) is 2.01. The van der Waals surface area contributed by atoms with Crippen LogP contribution in [0.1, 0.15) is 40.0 Å². The number of ether oxygens (including phenoxy) is 1. The zero-order valence-electron chi connectivity index (χ0n) is 9.06. The smallest absolute Gasteiger partial charge is 0.311 e.